The van der Waals surface area contributed by atoms with Crippen LogP contribution in [-0.2, 0) is 27.3 Å². The average Bonchev–Trinajstić information content (AvgIpc) is 3.05. The highest BCUT2D eigenvalue weighted by Gasteiger charge is 2.15. The molecular weight excluding hydrogens is 406 g/mol. The van der Waals surface area contributed by atoms with Crippen LogP contribution in [0.1, 0.15) is 25.3 Å². The number of hydrogen-bond acceptors (Lipinski definition) is 6. The van der Waals surface area contributed by atoms with Gasteiger partial charge in [-0.05, 0) is 31.4 Å². The molecule has 0 atom stereocenters. The van der Waals surface area contributed by atoms with Gasteiger partial charge in [-0.2, -0.15) is 4.99 Å². The first-order valence-corrected chi connectivity index (χ1v) is 10.3. The highest BCUT2D eigenvalue weighted by Crippen LogP contribution is 2.23. The van der Waals surface area contributed by atoms with E-state index in [1.807, 2.05) is 30.3 Å². The lowest BCUT2D eigenvalue weighted by Crippen LogP contribution is -2.23. The highest BCUT2D eigenvalue weighted by atomic mass is 32.1. The van der Waals surface area contributed by atoms with E-state index in [4.69, 9.17) is 4.74 Å². The zero-order valence-corrected chi connectivity index (χ0v) is 17.3. The second-order valence-corrected chi connectivity index (χ2v) is 7.54. The largest absolute Gasteiger partial charge is 0.465 e. The van der Waals surface area contributed by atoms with Gasteiger partial charge in [-0.15, -0.1) is 0 Å². The number of amides is 1. The van der Waals surface area contributed by atoms with Crippen LogP contribution in [-0.4, -0.2) is 28.0 Å². The number of hydrogen-bond donors (Lipinski definition) is 0. The number of ether oxygens (including phenoxy) is 1. The number of esters is 1. The minimum absolute atomic E-state index is 0.0622. The second-order valence-electron chi connectivity index (χ2n) is 6.53. The molecular formula is C21H21N3O5S. The first-order chi connectivity index (χ1) is 14.5. The molecule has 0 spiro atoms. The van der Waals surface area contributed by atoms with Gasteiger partial charge in [-0.3, -0.25) is 19.7 Å². The van der Waals surface area contributed by atoms with E-state index in [1.54, 1.807) is 17.6 Å². The van der Waals surface area contributed by atoms with E-state index in [2.05, 4.69) is 4.99 Å². The fraction of sp³-hybridized carbons (Fsp3) is 0.286. The van der Waals surface area contributed by atoms with Crippen LogP contribution in [0.2, 0.25) is 0 Å². The number of carbonyl (C=O) groups is 2. The first kappa shape index (κ1) is 21.4. The number of nitro benzene ring substituents is 1. The van der Waals surface area contributed by atoms with Gasteiger partial charge in [0.15, 0.2) is 4.80 Å². The van der Waals surface area contributed by atoms with Crippen molar-refractivity contribution in [2.24, 2.45) is 4.99 Å². The van der Waals surface area contributed by atoms with E-state index >= 15 is 0 Å². The van der Waals surface area contributed by atoms with E-state index < -0.39 is 10.9 Å². The maximum absolute atomic E-state index is 12.4. The molecule has 1 heterocycles. The van der Waals surface area contributed by atoms with Gasteiger partial charge in [-0.1, -0.05) is 41.7 Å². The van der Waals surface area contributed by atoms with Gasteiger partial charge in [0.2, 0.25) is 5.91 Å². The summed E-state index contributed by atoms with van der Waals surface area (Å²) in [6, 6.07) is 14.2. The molecule has 0 aliphatic carbocycles. The molecule has 3 rings (SSSR count). The number of nitrogens with zero attached hydrogens (tertiary/aromatic N) is 3. The predicted molar refractivity (Wildman–Crippen MR) is 113 cm³/mol. The van der Waals surface area contributed by atoms with E-state index in [9.17, 15) is 19.7 Å². The molecule has 30 heavy (non-hydrogen) atoms. The van der Waals surface area contributed by atoms with Gasteiger partial charge in [0.25, 0.3) is 5.69 Å². The topological polar surface area (TPSA) is 104 Å². The lowest BCUT2D eigenvalue weighted by atomic mass is 10.1. The predicted octanol–water partition coefficient (Wildman–Crippen LogP) is 3.62. The smallest absolute Gasteiger partial charge is 0.326 e. The lowest BCUT2D eigenvalue weighted by Gasteiger charge is -2.05. The Morgan fingerprint density at radius 3 is 2.67 bits per heavy atom. The van der Waals surface area contributed by atoms with Gasteiger partial charge >= 0.3 is 5.97 Å². The summed E-state index contributed by atoms with van der Waals surface area (Å²) in [7, 11) is 0. The van der Waals surface area contributed by atoms with E-state index in [1.165, 1.54) is 12.1 Å². The minimum atomic E-state index is -0.486. The number of fused-ring (bicyclic) bond motifs is 1. The summed E-state index contributed by atoms with van der Waals surface area (Å²) in [5.74, 6) is -0.766. The molecule has 0 saturated heterocycles. The number of rotatable bonds is 8. The Kier molecular flexibility index (Phi) is 7.08. The molecule has 0 aliphatic heterocycles. The van der Waals surface area contributed by atoms with Gasteiger partial charge in [0.1, 0.15) is 6.54 Å². The number of thiazole rings is 1. The molecule has 0 aliphatic rings. The molecule has 0 N–H and O–H groups in total. The van der Waals surface area contributed by atoms with Crippen LogP contribution >= 0.6 is 11.3 Å². The Labute approximate surface area is 176 Å². The number of carbonyl (C=O) groups excluding carboxylic acids is 2. The molecule has 1 amide bonds. The Morgan fingerprint density at radius 2 is 1.97 bits per heavy atom. The van der Waals surface area contributed by atoms with Crippen LogP contribution in [0.5, 0.6) is 0 Å². The van der Waals surface area contributed by atoms with Gasteiger partial charge < -0.3 is 9.30 Å². The van der Waals surface area contributed by atoms with Crippen LogP contribution < -0.4 is 4.80 Å². The number of aromatic nitrogens is 1. The summed E-state index contributed by atoms with van der Waals surface area (Å²) in [5, 5.41) is 11.1. The van der Waals surface area contributed by atoms with E-state index in [-0.39, 0.29) is 31.2 Å². The maximum Gasteiger partial charge on any atom is 0.326 e. The molecule has 2 aromatic carbocycles. The molecule has 156 valence electrons. The molecule has 3 aromatic rings. The minimum Gasteiger partial charge on any atom is -0.465 e. The van der Waals surface area contributed by atoms with Crippen molar-refractivity contribution in [1.82, 2.24) is 4.57 Å². The van der Waals surface area contributed by atoms with E-state index in [0.29, 0.717) is 21.4 Å². The number of aryl methyl sites for hydroxylation is 1. The van der Waals surface area contributed by atoms with Crippen molar-refractivity contribution in [1.29, 1.82) is 0 Å². The van der Waals surface area contributed by atoms with Crippen molar-refractivity contribution in [2.45, 2.75) is 32.7 Å². The second kappa shape index (κ2) is 9.93. The number of nitro groups is 1. The number of benzene rings is 2. The monoisotopic (exact) mass is 427 g/mol. The van der Waals surface area contributed by atoms with Crippen LogP contribution in [0.15, 0.2) is 53.5 Å². The normalized spacial score (nSPS) is 11.6. The Balaban J connectivity index is 1.86. The Morgan fingerprint density at radius 1 is 1.20 bits per heavy atom. The average molecular weight is 427 g/mol. The van der Waals surface area contributed by atoms with Gasteiger partial charge in [0, 0.05) is 18.6 Å². The third-order valence-corrected chi connectivity index (χ3v) is 5.43. The van der Waals surface area contributed by atoms with Crippen molar-refractivity contribution in [2.75, 3.05) is 6.61 Å². The Bertz CT molecular complexity index is 1130. The Hall–Kier alpha value is -3.33. The van der Waals surface area contributed by atoms with E-state index in [0.717, 1.165) is 23.3 Å². The zero-order valence-electron chi connectivity index (χ0n) is 16.4. The van der Waals surface area contributed by atoms with Gasteiger partial charge in [-0.25, -0.2) is 0 Å². The summed E-state index contributed by atoms with van der Waals surface area (Å²) in [6.07, 6.45) is 1.69. The fourth-order valence-electron chi connectivity index (χ4n) is 3.00. The molecule has 0 radical (unpaired) electrons. The van der Waals surface area contributed by atoms with Crippen LogP contribution in [0.3, 0.4) is 0 Å². The van der Waals surface area contributed by atoms with Crippen LogP contribution in [0.25, 0.3) is 10.2 Å². The molecule has 0 saturated carbocycles. The van der Waals surface area contributed by atoms with Crippen molar-refractivity contribution >= 4 is 39.1 Å². The summed E-state index contributed by atoms with van der Waals surface area (Å²) in [5.41, 5.74) is 1.68. The van der Waals surface area contributed by atoms with Crippen molar-refractivity contribution in [3.8, 4) is 0 Å². The van der Waals surface area contributed by atoms with Crippen molar-refractivity contribution in [3.05, 3.63) is 69.0 Å². The summed E-state index contributed by atoms with van der Waals surface area (Å²) in [6.45, 7) is 1.82. The molecule has 0 fully saturated rings. The molecule has 8 nitrogen and oxygen atoms in total. The summed E-state index contributed by atoms with van der Waals surface area (Å²) >= 11 is 1.14. The SMILES string of the molecule is CCOC(=O)Cn1c(=NC(=O)CCCc2ccccc2)sc2cc([N+](=O)[O-])ccc21. The molecule has 0 bridgehead atoms. The third kappa shape index (κ3) is 5.38. The molecule has 0 unspecified atom stereocenters. The van der Waals surface area contributed by atoms with Crippen molar-refractivity contribution < 1.29 is 19.2 Å². The molecule has 1 aromatic heterocycles. The van der Waals surface area contributed by atoms with Crippen molar-refractivity contribution in [3.63, 3.8) is 0 Å². The highest BCUT2D eigenvalue weighted by molar-refractivity contribution is 7.16. The first-order valence-electron chi connectivity index (χ1n) is 9.53. The standard InChI is InChI=1S/C21H21N3O5S/c1-2-29-20(26)14-23-17-12-11-16(24(27)28)13-18(17)30-21(23)22-19(25)10-6-9-15-7-4-3-5-8-15/h3-5,7-8,11-13H,2,6,9-10,14H2,1H3. The number of non-ortho nitro benzene ring substituents is 1. The molecule has 9 heteroatoms. The zero-order chi connectivity index (χ0) is 21.5. The third-order valence-electron chi connectivity index (χ3n) is 4.39. The maximum atomic E-state index is 12.4. The quantitative estimate of drug-likeness (QED) is 0.310. The fourth-order valence-corrected chi connectivity index (χ4v) is 4.08. The van der Waals surface area contributed by atoms with Gasteiger partial charge in [0.05, 0.1) is 21.7 Å². The summed E-state index contributed by atoms with van der Waals surface area (Å²) < 4.78 is 7.15. The summed E-state index contributed by atoms with van der Waals surface area (Å²) in [4.78, 5) is 39.5. The lowest BCUT2D eigenvalue weighted by molar-refractivity contribution is -0.384. The van der Waals surface area contributed by atoms with Crippen LogP contribution in [0.4, 0.5) is 5.69 Å². The van der Waals surface area contributed by atoms with Crippen LogP contribution in [0, 0.1) is 10.1 Å².